The minimum Gasteiger partial charge on any atom is -0.368 e. The predicted molar refractivity (Wildman–Crippen MR) is 155 cm³/mol. The Hall–Kier alpha value is -2.94. The smallest absolute Gasteiger partial charge is 0.209 e. The second-order valence-corrected chi connectivity index (χ2v) is 12.2. The zero-order valence-electron chi connectivity index (χ0n) is 22.1. The number of para-hydroxylation sites is 1. The highest BCUT2D eigenvalue weighted by atomic mass is 35.5. The van der Waals surface area contributed by atoms with E-state index in [0.29, 0.717) is 12.1 Å². The lowest BCUT2D eigenvalue weighted by atomic mass is 10.0. The van der Waals surface area contributed by atoms with Crippen LogP contribution in [0.4, 0.5) is 14.5 Å². The lowest BCUT2D eigenvalue weighted by Gasteiger charge is -2.39. The summed E-state index contributed by atoms with van der Waals surface area (Å²) < 4.78 is 53.3. The van der Waals surface area contributed by atoms with E-state index >= 15 is 0 Å². The molecule has 3 aromatic carbocycles. The van der Waals surface area contributed by atoms with Crippen molar-refractivity contribution in [3.05, 3.63) is 90.1 Å². The van der Waals surface area contributed by atoms with E-state index in [1.165, 1.54) is 17.0 Å². The Balaban J connectivity index is 0.000000297. The Morgan fingerprint density at radius 1 is 0.923 bits per heavy atom. The average Bonchev–Trinajstić information content (AvgIpc) is 3.57. The highest BCUT2D eigenvalue weighted by Crippen LogP contribution is 2.36. The van der Waals surface area contributed by atoms with Crippen molar-refractivity contribution in [1.82, 2.24) is 9.88 Å². The van der Waals surface area contributed by atoms with Crippen LogP contribution in [0, 0.1) is 11.6 Å². The van der Waals surface area contributed by atoms with Crippen molar-refractivity contribution >= 4 is 38.8 Å². The lowest BCUT2D eigenvalue weighted by molar-refractivity contribution is 0.170. The minimum absolute atomic E-state index is 0. The number of nitrogens with one attached hydrogen (secondary N) is 1. The number of benzene rings is 3. The number of aromatic nitrogens is 1. The normalized spacial score (nSPS) is 16.1. The number of anilines is 1. The van der Waals surface area contributed by atoms with Crippen LogP contribution in [-0.2, 0) is 16.3 Å². The minimum atomic E-state index is -4.11. The number of piperidine rings is 1. The van der Waals surface area contributed by atoms with Crippen LogP contribution in [0.1, 0.15) is 32.3 Å². The fourth-order valence-electron chi connectivity index (χ4n) is 5.47. The molecule has 1 aromatic heterocycles. The SMILES string of the molecule is CC(C)N1CCC(N2CCc3cc(S(=O)(=O)c4cc(F)ccc4F)ccc32)CC1.Cl.c1ccc2[nH]ccc2c1. The van der Waals surface area contributed by atoms with Crippen molar-refractivity contribution in [3.8, 4) is 0 Å². The zero-order valence-corrected chi connectivity index (χ0v) is 23.7. The van der Waals surface area contributed by atoms with Gasteiger partial charge in [0.2, 0.25) is 9.84 Å². The third-order valence-electron chi connectivity index (χ3n) is 7.61. The summed E-state index contributed by atoms with van der Waals surface area (Å²) in [7, 11) is -4.11. The molecule has 9 heteroatoms. The van der Waals surface area contributed by atoms with E-state index in [9.17, 15) is 17.2 Å². The number of hydrogen-bond acceptors (Lipinski definition) is 4. The first-order valence-corrected chi connectivity index (χ1v) is 14.6. The number of sulfone groups is 1. The van der Waals surface area contributed by atoms with E-state index in [4.69, 9.17) is 0 Å². The van der Waals surface area contributed by atoms with E-state index in [0.717, 1.165) is 68.3 Å². The molecule has 0 atom stereocenters. The molecule has 0 saturated carbocycles. The van der Waals surface area contributed by atoms with Gasteiger partial charge in [0.1, 0.15) is 16.5 Å². The second kappa shape index (κ2) is 12.1. The molecule has 2 aliphatic heterocycles. The van der Waals surface area contributed by atoms with Crippen LogP contribution >= 0.6 is 12.4 Å². The molecule has 208 valence electrons. The molecule has 4 aromatic rings. The molecule has 5 nitrogen and oxygen atoms in total. The predicted octanol–water partition coefficient (Wildman–Crippen LogP) is 6.62. The van der Waals surface area contributed by atoms with Gasteiger partial charge in [0, 0.05) is 49.1 Å². The molecule has 0 bridgehead atoms. The summed E-state index contributed by atoms with van der Waals surface area (Å²) in [6, 6.07) is 18.8. The monoisotopic (exact) mass is 573 g/mol. The molecule has 0 aliphatic carbocycles. The highest BCUT2D eigenvalue weighted by Gasteiger charge is 2.31. The summed E-state index contributed by atoms with van der Waals surface area (Å²) in [6.45, 7) is 7.43. The van der Waals surface area contributed by atoms with Gasteiger partial charge < -0.3 is 14.8 Å². The van der Waals surface area contributed by atoms with Gasteiger partial charge in [0.25, 0.3) is 0 Å². The van der Waals surface area contributed by atoms with E-state index in [2.05, 4.69) is 46.8 Å². The molecule has 0 radical (unpaired) electrons. The summed E-state index contributed by atoms with van der Waals surface area (Å²) in [5.74, 6) is -1.71. The number of halogens is 3. The summed E-state index contributed by atoms with van der Waals surface area (Å²) in [5, 5.41) is 1.28. The van der Waals surface area contributed by atoms with Crippen LogP contribution < -0.4 is 4.90 Å². The largest absolute Gasteiger partial charge is 0.368 e. The summed E-state index contributed by atoms with van der Waals surface area (Å²) in [4.78, 5) is 7.38. The standard InChI is InChI=1S/C22H26F2N2O2S.C8H7N.ClH/c1-15(2)25-10-8-18(9-11-25)26-12-7-16-13-19(4-6-21(16)26)29(27,28)22-14-17(23)3-5-20(22)24;1-2-4-8-7(3-1)5-6-9-8;/h3-6,13-15,18H,7-12H2,1-2H3;1-6,9H;1H. The van der Waals surface area contributed by atoms with Crippen LogP contribution in [0.2, 0.25) is 0 Å². The summed E-state index contributed by atoms with van der Waals surface area (Å²) in [6.07, 6.45) is 4.89. The number of aromatic amines is 1. The van der Waals surface area contributed by atoms with Crippen LogP contribution in [0.5, 0.6) is 0 Å². The number of nitrogens with zero attached hydrogens (tertiary/aromatic N) is 2. The third kappa shape index (κ3) is 6.13. The fourth-order valence-corrected chi connectivity index (χ4v) is 6.86. The fraction of sp³-hybridized carbons (Fsp3) is 0.333. The topological polar surface area (TPSA) is 56.4 Å². The molecule has 1 saturated heterocycles. The van der Waals surface area contributed by atoms with Gasteiger partial charge in [-0.25, -0.2) is 17.2 Å². The molecule has 1 N–H and O–H groups in total. The molecule has 3 heterocycles. The van der Waals surface area contributed by atoms with E-state index in [1.807, 2.05) is 24.4 Å². The highest BCUT2D eigenvalue weighted by molar-refractivity contribution is 7.91. The Morgan fingerprint density at radius 2 is 1.67 bits per heavy atom. The van der Waals surface area contributed by atoms with Crippen molar-refractivity contribution in [3.63, 3.8) is 0 Å². The van der Waals surface area contributed by atoms with Gasteiger partial charge in [-0.05, 0) is 92.6 Å². The molecule has 0 amide bonds. The second-order valence-electron chi connectivity index (χ2n) is 10.2. The summed E-state index contributed by atoms with van der Waals surface area (Å²) in [5.41, 5.74) is 3.22. The Morgan fingerprint density at radius 3 is 2.38 bits per heavy atom. The van der Waals surface area contributed by atoms with Gasteiger partial charge in [-0.2, -0.15) is 0 Å². The van der Waals surface area contributed by atoms with Gasteiger partial charge in [0.15, 0.2) is 0 Å². The van der Waals surface area contributed by atoms with Crippen LogP contribution in [0.15, 0.2) is 82.7 Å². The van der Waals surface area contributed by atoms with Crippen LogP contribution in [0.3, 0.4) is 0 Å². The quantitative estimate of drug-likeness (QED) is 0.298. The Labute approximate surface area is 235 Å². The Kier molecular flexibility index (Phi) is 8.99. The number of likely N-dealkylation sites (tertiary alicyclic amines) is 1. The van der Waals surface area contributed by atoms with Crippen molar-refractivity contribution < 1.29 is 17.2 Å². The third-order valence-corrected chi connectivity index (χ3v) is 9.37. The Bertz CT molecular complexity index is 1500. The zero-order chi connectivity index (χ0) is 26.9. The van der Waals surface area contributed by atoms with Crippen LogP contribution in [-0.4, -0.2) is 50.0 Å². The van der Waals surface area contributed by atoms with E-state index in [1.54, 1.807) is 6.07 Å². The number of H-pyrrole nitrogens is 1. The maximum absolute atomic E-state index is 14.1. The van der Waals surface area contributed by atoms with E-state index in [-0.39, 0.29) is 17.3 Å². The van der Waals surface area contributed by atoms with Crippen molar-refractivity contribution in [1.29, 1.82) is 0 Å². The van der Waals surface area contributed by atoms with Crippen molar-refractivity contribution in [2.75, 3.05) is 24.5 Å². The van der Waals surface area contributed by atoms with Gasteiger partial charge in [0.05, 0.1) is 4.90 Å². The molecular formula is C30H34ClF2N3O2S. The van der Waals surface area contributed by atoms with Crippen molar-refractivity contribution in [2.45, 2.75) is 55.0 Å². The molecule has 0 spiro atoms. The first kappa shape index (κ1) is 29.1. The van der Waals surface area contributed by atoms with Crippen molar-refractivity contribution in [2.24, 2.45) is 0 Å². The number of fused-ring (bicyclic) bond motifs is 2. The van der Waals surface area contributed by atoms with Gasteiger partial charge in [-0.3, -0.25) is 0 Å². The molecule has 6 rings (SSSR count). The van der Waals surface area contributed by atoms with Gasteiger partial charge in [-0.1, -0.05) is 18.2 Å². The molecule has 39 heavy (non-hydrogen) atoms. The molecular weight excluding hydrogens is 540 g/mol. The first-order chi connectivity index (χ1) is 18.2. The first-order valence-electron chi connectivity index (χ1n) is 13.1. The average molecular weight is 574 g/mol. The summed E-state index contributed by atoms with van der Waals surface area (Å²) >= 11 is 0. The van der Waals surface area contributed by atoms with Crippen LogP contribution in [0.25, 0.3) is 10.9 Å². The maximum atomic E-state index is 14.1. The molecule has 1 fully saturated rings. The molecule has 0 unspecified atom stereocenters. The van der Waals surface area contributed by atoms with E-state index < -0.39 is 26.4 Å². The number of hydrogen-bond donors (Lipinski definition) is 1. The lowest BCUT2D eigenvalue weighted by Crippen LogP contribution is -2.46. The number of rotatable bonds is 4. The van der Waals surface area contributed by atoms with Gasteiger partial charge >= 0.3 is 0 Å². The molecule has 2 aliphatic rings. The maximum Gasteiger partial charge on any atom is 0.209 e. The van der Waals surface area contributed by atoms with Gasteiger partial charge in [-0.15, -0.1) is 12.4 Å².